The van der Waals surface area contributed by atoms with Crippen LogP contribution in [0.2, 0.25) is 0 Å². The smallest absolute Gasteiger partial charge is 0.335 e. The molecule has 0 rings (SSSR count). The van der Waals surface area contributed by atoms with Crippen molar-refractivity contribution in [1.82, 2.24) is 0 Å². The average molecular weight is 250 g/mol. The standard InChI is InChI=1S/2C3H7.H3O4P.Zn/c2*1-3-2;1-5(2,3)4;/h2*3H,1-2H3;(H3,1,2,3,4);/q2*-1;;+2. The molecular formula is C6H17O4PZn. The fourth-order valence-corrected chi connectivity index (χ4v) is 0. The number of hydrogen-bond acceptors (Lipinski definition) is 1. The Labute approximate surface area is 87.4 Å². The Morgan fingerprint density at radius 2 is 0.917 bits per heavy atom. The topological polar surface area (TPSA) is 77.8 Å². The first kappa shape index (κ1) is 23.0. The first-order valence-corrected chi connectivity index (χ1v) is 4.66. The van der Waals surface area contributed by atoms with E-state index in [-0.39, 0.29) is 19.5 Å². The molecule has 72 valence electrons. The van der Waals surface area contributed by atoms with E-state index in [2.05, 4.69) is 0 Å². The normalized spacial score (nSPS) is 7.92. The number of rotatable bonds is 0. The van der Waals surface area contributed by atoms with E-state index < -0.39 is 7.82 Å². The van der Waals surface area contributed by atoms with Crippen LogP contribution >= 0.6 is 7.82 Å². The molecule has 0 aromatic rings. The summed E-state index contributed by atoms with van der Waals surface area (Å²) < 4.78 is 8.88. The van der Waals surface area contributed by atoms with Crippen molar-refractivity contribution in [2.75, 3.05) is 0 Å². The van der Waals surface area contributed by atoms with E-state index in [1.165, 1.54) is 0 Å². The van der Waals surface area contributed by atoms with Gasteiger partial charge in [0.25, 0.3) is 0 Å². The second kappa shape index (κ2) is 17.7. The van der Waals surface area contributed by atoms with Gasteiger partial charge in [0.1, 0.15) is 0 Å². The molecule has 0 saturated carbocycles. The van der Waals surface area contributed by atoms with Gasteiger partial charge in [0.05, 0.1) is 0 Å². The zero-order chi connectivity index (χ0) is 9.91. The quantitative estimate of drug-likeness (QED) is 0.346. The Morgan fingerprint density at radius 3 is 0.917 bits per heavy atom. The molecule has 0 fully saturated rings. The predicted molar refractivity (Wildman–Crippen MR) is 45.6 cm³/mol. The van der Waals surface area contributed by atoms with Crippen LogP contribution in [0.15, 0.2) is 0 Å². The Morgan fingerprint density at radius 1 is 0.917 bits per heavy atom. The van der Waals surface area contributed by atoms with Gasteiger partial charge < -0.3 is 27.5 Å². The minimum atomic E-state index is -4.64. The number of hydrogen-bond donors (Lipinski definition) is 3. The monoisotopic (exact) mass is 248 g/mol. The second-order valence-corrected chi connectivity index (χ2v) is 2.69. The van der Waals surface area contributed by atoms with Gasteiger partial charge in [-0.15, -0.1) is 0 Å². The third kappa shape index (κ3) is 1890. The molecule has 3 N–H and O–H groups in total. The fourth-order valence-electron chi connectivity index (χ4n) is 0. The minimum Gasteiger partial charge on any atom is -0.335 e. The third-order valence-electron chi connectivity index (χ3n) is 0. The van der Waals surface area contributed by atoms with Crippen LogP contribution in [0.4, 0.5) is 0 Å². The van der Waals surface area contributed by atoms with Gasteiger partial charge in [0.2, 0.25) is 0 Å². The van der Waals surface area contributed by atoms with Crippen molar-refractivity contribution >= 4 is 7.82 Å². The molecule has 0 unspecified atom stereocenters. The Bertz CT molecular complexity index is 83.3. The van der Waals surface area contributed by atoms with Gasteiger partial charge in [-0.2, -0.15) is 27.7 Å². The molecule has 0 amide bonds. The molecule has 0 spiro atoms. The Hall–Kier alpha value is 0.733. The molecule has 0 saturated heterocycles. The molecule has 4 nitrogen and oxygen atoms in total. The zero-order valence-corrected chi connectivity index (χ0v) is 11.9. The van der Waals surface area contributed by atoms with Gasteiger partial charge in [-0.1, -0.05) is 0 Å². The first-order chi connectivity index (χ1) is 4.83. The third-order valence-corrected chi connectivity index (χ3v) is 0. The molecule has 0 aliphatic carbocycles. The molecule has 6 heteroatoms. The van der Waals surface area contributed by atoms with E-state index in [0.717, 1.165) is 0 Å². The van der Waals surface area contributed by atoms with Crippen molar-refractivity contribution in [3.63, 3.8) is 0 Å². The van der Waals surface area contributed by atoms with Gasteiger partial charge in [-0.05, 0) is 0 Å². The SMILES string of the molecule is C[CH-]C.C[CH-]C.O=P(O)(O)O.[Zn+2]. The molecule has 0 atom stereocenters. The fraction of sp³-hybridized carbons (Fsp3) is 0.667. The van der Waals surface area contributed by atoms with E-state index in [1.807, 2.05) is 40.5 Å². The average Bonchev–Trinajstić information content (AvgIpc) is 1.62. The van der Waals surface area contributed by atoms with Crippen LogP contribution in [0.5, 0.6) is 0 Å². The summed E-state index contributed by atoms with van der Waals surface area (Å²) >= 11 is 0. The van der Waals surface area contributed by atoms with Crippen molar-refractivity contribution in [3.8, 4) is 0 Å². The van der Waals surface area contributed by atoms with Crippen LogP contribution in [0, 0.1) is 12.8 Å². The second-order valence-electron chi connectivity index (χ2n) is 1.67. The van der Waals surface area contributed by atoms with Crippen molar-refractivity contribution in [2.24, 2.45) is 0 Å². The van der Waals surface area contributed by atoms with E-state index in [0.29, 0.717) is 0 Å². The Balaban J connectivity index is -0.0000000406. The van der Waals surface area contributed by atoms with Crippen molar-refractivity contribution in [3.05, 3.63) is 12.8 Å². The van der Waals surface area contributed by atoms with E-state index in [4.69, 9.17) is 19.2 Å². The summed E-state index contributed by atoms with van der Waals surface area (Å²) in [5.41, 5.74) is 0. The van der Waals surface area contributed by atoms with Crippen LogP contribution in [0.3, 0.4) is 0 Å². The van der Waals surface area contributed by atoms with Crippen molar-refractivity contribution in [2.45, 2.75) is 27.7 Å². The van der Waals surface area contributed by atoms with Gasteiger partial charge in [0.15, 0.2) is 0 Å². The molecule has 0 aromatic heterocycles. The minimum absolute atomic E-state index is 0. The Kier molecular flexibility index (Phi) is 33.9. The molecule has 12 heavy (non-hydrogen) atoms. The van der Waals surface area contributed by atoms with Gasteiger partial charge in [-0.3, -0.25) is 0 Å². The maximum atomic E-state index is 8.88. The summed E-state index contributed by atoms with van der Waals surface area (Å²) in [6.07, 6.45) is 4.00. The summed E-state index contributed by atoms with van der Waals surface area (Å²) in [5.74, 6) is 0. The molecule has 0 bridgehead atoms. The predicted octanol–water partition coefficient (Wildman–Crippen LogP) is 1.53. The maximum absolute atomic E-state index is 8.88. The number of phosphoric acid groups is 1. The van der Waals surface area contributed by atoms with Crippen LogP contribution in [0.25, 0.3) is 0 Å². The summed E-state index contributed by atoms with van der Waals surface area (Å²) in [6, 6.07) is 0. The molecule has 0 radical (unpaired) electrons. The molecular weight excluding hydrogens is 232 g/mol. The summed E-state index contributed by atoms with van der Waals surface area (Å²) in [6.45, 7) is 8.00. The van der Waals surface area contributed by atoms with E-state index >= 15 is 0 Å². The molecule has 0 heterocycles. The summed E-state index contributed by atoms with van der Waals surface area (Å²) in [7, 11) is -4.64. The van der Waals surface area contributed by atoms with Gasteiger partial charge in [0, 0.05) is 0 Å². The van der Waals surface area contributed by atoms with Crippen LogP contribution in [-0.4, -0.2) is 14.7 Å². The zero-order valence-electron chi connectivity index (χ0n) is 8.06. The van der Waals surface area contributed by atoms with Crippen LogP contribution in [-0.2, 0) is 24.0 Å². The molecule has 0 aliphatic rings. The van der Waals surface area contributed by atoms with Crippen molar-refractivity contribution in [1.29, 1.82) is 0 Å². The summed E-state index contributed by atoms with van der Waals surface area (Å²) in [4.78, 5) is 21.6. The van der Waals surface area contributed by atoms with E-state index in [9.17, 15) is 0 Å². The van der Waals surface area contributed by atoms with Crippen molar-refractivity contribution < 1.29 is 38.7 Å². The van der Waals surface area contributed by atoms with Crippen LogP contribution in [0.1, 0.15) is 27.7 Å². The van der Waals surface area contributed by atoms with Gasteiger partial charge in [-0.25, -0.2) is 4.57 Å². The van der Waals surface area contributed by atoms with Crippen LogP contribution < -0.4 is 0 Å². The largest absolute Gasteiger partial charge is 2.00 e. The molecule has 0 aliphatic heterocycles. The summed E-state index contributed by atoms with van der Waals surface area (Å²) in [5, 5.41) is 0. The molecule has 0 aromatic carbocycles. The first-order valence-electron chi connectivity index (χ1n) is 3.09. The maximum Gasteiger partial charge on any atom is 2.00 e. The van der Waals surface area contributed by atoms with E-state index in [1.54, 1.807) is 0 Å². The van der Waals surface area contributed by atoms with Gasteiger partial charge >= 0.3 is 27.3 Å².